The van der Waals surface area contributed by atoms with Gasteiger partial charge in [-0.2, -0.15) is 0 Å². The van der Waals surface area contributed by atoms with E-state index in [9.17, 15) is 9.59 Å². The Bertz CT molecular complexity index is 680. The van der Waals surface area contributed by atoms with E-state index >= 15 is 0 Å². The zero-order valence-electron chi connectivity index (χ0n) is 13.1. The van der Waals surface area contributed by atoms with E-state index in [1.165, 1.54) is 11.8 Å². The van der Waals surface area contributed by atoms with Crippen LogP contribution in [0.15, 0.2) is 59.5 Å². The number of rotatable bonds is 8. The first-order chi connectivity index (χ1) is 11.6. The van der Waals surface area contributed by atoms with Crippen LogP contribution < -0.4 is 10.6 Å². The lowest BCUT2D eigenvalue weighted by Gasteiger charge is -2.08. The molecule has 24 heavy (non-hydrogen) atoms. The van der Waals surface area contributed by atoms with Gasteiger partial charge in [-0.15, -0.1) is 11.8 Å². The van der Waals surface area contributed by atoms with E-state index in [2.05, 4.69) is 10.6 Å². The summed E-state index contributed by atoms with van der Waals surface area (Å²) in [7, 11) is 0. The first-order valence-corrected chi connectivity index (χ1v) is 8.96. The lowest BCUT2D eigenvalue weighted by Crippen LogP contribution is -2.36. The maximum absolute atomic E-state index is 11.8. The van der Waals surface area contributed by atoms with Crippen LogP contribution in [-0.2, 0) is 16.0 Å². The first kappa shape index (κ1) is 18.4. The van der Waals surface area contributed by atoms with Gasteiger partial charge < -0.3 is 10.6 Å². The Labute approximate surface area is 151 Å². The first-order valence-electron chi connectivity index (χ1n) is 7.60. The van der Waals surface area contributed by atoms with Crippen LogP contribution in [0, 0.1) is 0 Å². The summed E-state index contributed by atoms with van der Waals surface area (Å²) < 4.78 is 0. The summed E-state index contributed by atoms with van der Waals surface area (Å²) >= 11 is 7.43. The van der Waals surface area contributed by atoms with E-state index in [-0.39, 0.29) is 11.8 Å². The Kier molecular flexibility index (Phi) is 7.65. The van der Waals surface area contributed by atoms with Gasteiger partial charge in [0, 0.05) is 18.0 Å². The third kappa shape index (κ3) is 6.64. The van der Waals surface area contributed by atoms with E-state index < -0.39 is 0 Å². The molecule has 2 amide bonds. The van der Waals surface area contributed by atoms with Crippen LogP contribution in [0.4, 0.5) is 0 Å². The molecule has 0 atom stereocenters. The molecular formula is C18H19ClN2O2S. The van der Waals surface area contributed by atoms with Crippen molar-refractivity contribution in [1.82, 2.24) is 10.6 Å². The van der Waals surface area contributed by atoms with Crippen molar-refractivity contribution in [3.05, 3.63) is 65.2 Å². The second kappa shape index (κ2) is 10.0. The van der Waals surface area contributed by atoms with Crippen molar-refractivity contribution in [2.24, 2.45) is 0 Å². The maximum atomic E-state index is 11.8. The molecule has 0 saturated carbocycles. The van der Waals surface area contributed by atoms with Crippen LogP contribution in [0.25, 0.3) is 0 Å². The fourth-order valence-electron chi connectivity index (χ4n) is 2.00. The molecule has 0 bridgehead atoms. The Morgan fingerprint density at radius 2 is 1.50 bits per heavy atom. The van der Waals surface area contributed by atoms with Gasteiger partial charge in [0.1, 0.15) is 0 Å². The fourth-order valence-corrected chi connectivity index (χ4v) is 3.07. The summed E-state index contributed by atoms with van der Waals surface area (Å²) in [4.78, 5) is 24.4. The molecule has 0 radical (unpaired) electrons. The van der Waals surface area contributed by atoms with Gasteiger partial charge in [-0.25, -0.2) is 0 Å². The van der Waals surface area contributed by atoms with Crippen molar-refractivity contribution in [2.45, 2.75) is 11.3 Å². The zero-order valence-corrected chi connectivity index (χ0v) is 14.7. The molecule has 0 spiro atoms. The fraction of sp³-hybridized carbons (Fsp3) is 0.222. The summed E-state index contributed by atoms with van der Waals surface area (Å²) in [6.45, 7) is 0.816. The van der Waals surface area contributed by atoms with Gasteiger partial charge in [-0.1, -0.05) is 54.1 Å². The Hall–Kier alpha value is -1.98. The smallest absolute Gasteiger partial charge is 0.230 e. The topological polar surface area (TPSA) is 58.2 Å². The van der Waals surface area contributed by atoms with Crippen molar-refractivity contribution >= 4 is 35.2 Å². The monoisotopic (exact) mass is 362 g/mol. The number of carbonyl (C=O) groups is 2. The predicted molar refractivity (Wildman–Crippen MR) is 98.3 cm³/mol. The average Bonchev–Trinajstić information content (AvgIpc) is 2.59. The number of benzene rings is 2. The maximum Gasteiger partial charge on any atom is 0.230 e. The third-order valence-electron chi connectivity index (χ3n) is 3.17. The third-order valence-corrected chi connectivity index (χ3v) is 4.69. The number of nitrogens with one attached hydrogen (secondary N) is 2. The van der Waals surface area contributed by atoms with Crippen LogP contribution in [-0.4, -0.2) is 30.7 Å². The van der Waals surface area contributed by atoms with Crippen molar-refractivity contribution in [2.75, 3.05) is 18.8 Å². The highest BCUT2D eigenvalue weighted by Crippen LogP contribution is 2.26. The van der Waals surface area contributed by atoms with Gasteiger partial charge in [0.15, 0.2) is 0 Å². The largest absolute Gasteiger partial charge is 0.354 e. The number of hydrogen-bond donors (Lipinski definition) is 2. The quantitative estimate of drug-likeness (QED) is 0.560. The van der Waals surface area contributed by atoms with E-state index in [4.69, 9.17) is 11.6 Å². The Morgan fingerprint density at radius 1 is 0.875 bits per heavy atom. The molecule has 126 valence electrons. The molecule has 0 unspecified atom stereocenters. The van der Waals surface area contributed by atoms with Crippen molar-refractivity contribution in [3.63, 3.8) is 0 Å². The average molecular weight is 363 g/mol. The van der Waals surface area contributed by atoms with Gasteiger partial charge >= 0.3 is 0 Å². The normalized spacial score (nSPS) is 10.2. The van der Waals surface area contributed by atoms with Crippen molar-refractivity contribution < 1.29 is 9.59 Å². The molecule has 0 aliphatic heterocycles. The van der Waals surface area contributed by atoms with E-state index in [1.54, 1.807) is 6.07 Å². The van der Waals surface area contributed by atoms with Crippen LogP contribution in [0.3, 0.4) is 0 Å². The standard InChI is InChI=1S/C18H19ClN2O2S/c19-15-8-4-5-9-16(15)24-13-18(23)21-11-10-20-17(22)12-14-6-2-1-3-7-14/h1-9H,10-13H2,(H,20,22)(H,21,23). The molecule has 0 saturated heterocycles. The molecule has 0 fully saturated rings. The van der Waals surface area contributed by atoms with Gasteiger partial charge in [-0.05, 0) is 17.7 Å². The summed E-state index contributed by atoms with van der Waals surface area (Å²) in [6.07, 6.45) is 0.344. The minimum atomic E-state index is -0.0859. The van der Waals surface area contributed by atoms with Crippen molar-refractivity contribution in [1.29, 1.82) is 0 Å². The van der Waals surface area contributed by atoms with Crippen molar-refractivity contribution in [3.8, 4) is 0 Å². The second-order valence-corrected chi connectivity index (χ2v) is 6.51. The molecule has 0 aliphatic carbocycles. The number of amides is 2. The summed E-state index contributed by atoms with van der Waals surface area (Å²) in [5.41, 5.74) is 0.968. The molecule has 2 aromatic rings. The Morgan fingerprint density at radius 3 is 2.21 bits per heavy atom. The lowest BCUT2D eigenvalue weighted by molar-refractivity contribution is -0.121. The van der Waals surface area contributed by atoms with Gasteiger partial charge in [0.25, 0.3) is 0 Å². The molecule has 0 aromatic heterocycles. The number of carbonyl (C=O) groups excluding carboxylic acids is 2. The molecule has 0 aliphatic rings. The number of halogens is 1. The minimum absolute atomic E-state index is 0.0547. The second-order valence-electron chi connectivity index (χ2n) is 5.08. The minimum Gasteiger partial charge on any atom is -0.354 e. The van der Waals surface area contributed by atoms with Crippen LogP contribution in [0.5, 0.6) is 0 Å². The van der Waals surface area contributed by atoms with Gasteiger partial charge in [-0.3, -0.25) is 9.59 Å². The van der Waals surface area contributed by atoms with Crippen LogP contribution in [0.1, 0.15) is 5.56 Å². The highest BCUT2D eigenvalue weighted by molar-refractivity contribution is 8.00. The van der Waals surface area contributed by atoms with E-state index in [1.807, 2.05) is 48.5 Å². The SMILES string of the molecule is O=C(CSc1ccccc1Cl)NCCNC(=O)Cc1ccccc1. The highest BCUT2D eigenvalue weighted by atomic mass is 35.5. The predicted octanol–water partition coefficient (Wildman–Crippen LogP) is 2.91. The Balaban J connectivity index is 1.59. The van der Waals surface area contributed by atoms with E-state index in [0.717, 1.165) is 10.5 Å². The molecule has 2 aromatic carbocycles. The summed E-state index contributed by atoms with van der Waals surface area (Å²) in [6, 6.07) is 16.9. The molecule has 6 heteroatoms. The molecule has 2 rings (SSSR count). The number of thioether (sulfide) groups is 1. The lowest BCUT2D eigenvalue weighted by atomic mass is 10.1. The van der Waals surface area contributed by atoms with Crippen LogP contribution in [0.2, 0.25) is 5.02 Å². The van der Waals surface area contributed by atoms with Gasteiger partial charge in [0.2, 0.25) is 11.8 Å². The molecule has 2 N–H and O–H groups in total. The molecular weight excluding hydrogens is 344 g/mol. The summed E-state index contributed by atoms with van der Waals surface area (Å²) in [5.74, 6) is 0.153. The highest BCUT2D eigenvalue weighted by Gasteiger charge is 2.06. The molecule has 4 nitrogen and oxygen atoms in total. The zero-order chi connectivity index (χ0) is 17.2. The van der Waals surface area contributed by atoms with Gasteiger partial charge in [0.05, 0.1) is 17.2 Å². The van der Waals surface area contributed by atoms with Crippen LogP contribution >= 0.6 is 23.4 Å². The number of hydrogen-bond acceptors (Lipinski definition) is 3. The molecule has 0 heterocycles. The summed E-state index contributed by atoms with van der Waals surface area (Å²) in [5, 5.41) is 6.20. The van der Waals surface area contributed by atoms with E-state index in [0.29, 0.717) is 30.3 Å².